The number of rotatable bonds is 8. The first-order valence-electron chi connectivity index (χ1n) is 10.1. The summed E-state index contributed by atoms with van der Waals surface area (Å²) in [4.78, 5) is 24.7. The minimum atomic E-state index is -0.321. The first kappa shape index (κ1) is 22.4. The summed E-state index contributed by atoms with van der Waals surface area (Å²) in [6, 6.07) is 21.5. The lowest BCUT2D eigenvalue weighted by Crippen LogP contribution is -2.20. The molecular weight excluding hydrogens is 412 g/mol. The lowest BCUT2D eigenvalue weighted by atomic mass is 9.99. The lowest BCUT2D eigenvalue weighted by Gasteiger charge is -2.12. The van der Waals surface area contributed by atoms with Gasteiger partial charge in [-0.2, -0.15) is 0 Å². The van der Waals surface area contributed by atoms with Crippen molar-refractivity contribution >= 4 is 34.8 Å². The summed E-state index contributed by atoms with van der Waals surface area (Å²) < 4.78 is 5.58. The predicted octanol–water partition coefficient (Wildman–Crippen LogP) is 6.12. The van der Waals surface area contributed by atoms with E-state index in [0.29, 0.717) is 33.6 Å². The summed E-state index contributed by atoms with van der Waals surface area (Å²) >= 11 is 6.07. The molecule has 0 saturated carbocycles. The van der Waals surface area contributed by atoms with Crippen molar-refractivity contribution in [3.63, 3.8) is 0 Å². The molecular formula is C25H25ClN2O3. The molecule has 2 amide bonds. The minimum Gasteiger partial charge on any atom is -0.484 e. The summed E-state index contributed by atoms with van der Waals surface area (Å²) in [6.45, 7) is 4.21. The zero-order valence-electron chi connectivity index (χ0n) is 17.5. The standard InChI is InChI=1S/C25H25ClN2O3/c1-3-17(2)18-11-13-21(14-12-18)31-16-24(29)27-19-7-6-8-20(15-19)28-25(30)22-9-4-5-10-23(22)26/h4-15,17H,3,16H2,1-2H3,(H,27,29)(H,28,30)/t17-/m1/s1. The predicted molar refractivity (Wildman–Crippen MR) is 125 cm³/mol. The van der Waals surface area contributed by atoms with E-state index in [1.807, 2.05) is 24.3 Å². The van der Waals surface area contributed by atoms with Crippen LogP contribution in [0.2, 0.25) is 5.02 Å². The Morgan fingerprint density at radius 3 is 2.29 bits per heavy atom. The Kier molecular flexibility index (Phi) is 7.68. The second-order valence-corrected chi connectivity index (χ2v) is 7.64. The number of nitrogens with one attached hydrogen (secondary N) is 2. The fourth-order valence-electron chi connectivity index (χ4n) is 2.99. The average molecular weight is 437 g/mol. The molecule has 0 aliphatic heterocycles. The van der Waals surface area contributed by atoms with Crippen molar-refractivity contribution in [2.24, 2.45) is 0 Å². The van der Waals surface area contributed by atoms with E-state index >= 15 is 0 Å². The maximum Gasteiger partial charge on any atom is 0.262 e. The Balaban J connectivity index is 1.55. The highest BCUT2D eigenvalue weighted by Crippen LogP contribution is 2.22. The van der Waals surface area contributed by atoms with Gasteiger partial charge in [0.05, 0.1) is 10.6 Å². The third kappa shape index (κ3) is 6.33. The van der Waals surface area contributed by atoms with Crippen molar-refractivity contribution in [1.29, 1.82) is 0 Å². The number of benzene rings is 3. The van der Waals surface area contributed by atoms with Gasteiger partial charge in [0, 0.05) is 11.4 Å². The molecule has 2 N–H and O–H groups in total. The van der Waals surface area contributed by atoms with Crippen molar-refractivity contribution in [3.05, 3.63) is 88.9 Å². The normalized spacial score (nSPS) is 11.5. The van der Waals surface area contributed by atoms with Crippen LogP contribution in [0, 0.1) is 0 Å². The summed E-state index contributed by atoms with van der Waals surface area (Å²) in [5.41, 5.74) is 2.73. The monoisotopic (exact) mass is 436 g/mol. The summed E-state index contributed by atoms with van der Waals surface area (Å²) in [5.74, 6) is 0.518. The van der Waals surface area contributed by atoms with Gasteiger partial charge in [-0.3, -0.25) is 9.59 Å². The maximum absolute atomic E-state index is 12.4. The SMILES string of the molecule is CC[C@@H](C)c1ccc(OCC(=O)Nc2cccc(NC(=O)c3ccccc3Cl)c2)cc1. The van der Waals surface area contributed by atoms with Crippen LogP contribution in [0.4, 0.5) is 11.4 Å². The molecule has 0 unspecified atom stereocenters. The van der Waals surface area contributed by atoms with Crippen LogP contribution in [0.1, 0.15) is 42.1 Å². The fraction of sp³-hybridized carbons (Fsp3) is 0.200. The van der Waals surface area contributed by atoms with Crippen LogP contribution in [-0.4, -0.2) is 18.4 Å². The van der Waals surface area contributed by atoms with Crippen LogP contribution >= 0.6 is 11.6 Å². The minimum absolute atomic E-state index is 0.112. The number of amides is 2. The quantitative estimate of drug-likeness (QED) is 0.446. The highest BCUT2D eigenvalue weighted by Gasteiger charge is 2.11. The molecule has 160 valence electrons. The third-order valence-corrected chi connectivity index (χ3v) is 5.28. The van der Waals surface area contributed by atoms with Gasteiger partial charge in [-0.05, 0) is 60.4 Å². The lowest BCUT2D eigenvalue weighted by molar-refractivity contribution is -0.118. The highest BCUT2D eigenvalue weighted by molar-refractivity contribution is 6.34. The van der Waals surface area contributed by atoms with Gasteiger partial charge in [-0.1, -0.05) is 55.8 Å². The number of carbonyl (C=O) groups excluding carboxylic acids is 2. The summed E-state index contributed by atoms with van der Waals surface area (Å²) in [7, 11) is 0. The van der Waals surface area contributed by atoms with E-state index in [1.54, 1.807) is 48.5 Å². The molecule has 5 nitrogen and oxygen atoms in total. The van der Waals surface area contributed by atoms with Crippen LogP contribution in [0.25, 0.3) is 0 Å². The van der Waals surface area contributed by atoms with Gasteiger partial charge < -0.3 is 15.4 Å². The molecule has 0 fully saturated rings. The molecule has 0 spiro atoms. The summed E-state index contributed by atoms with van der Waals surface area (Å²) in [5, 5.41) is 5.93. The van der Waals surface area contributed by atoms with Gasteiger partial charge in [0.1, 0.15) is 5.75 Å². The van der Waals surface area contributed by atoms with Crippen molar-refractivity contribution in [2.75, 3.05) is 17.2 Å². The Bertz CT molecular complexity index is 1050. The second-order valence-electron chi connectivity index (χ2n) is 7.23. The van der Waals surface area contributed by atoms with Gasteiger partial charge in [-0.15, -0.1) is 0 Å². The van der Waals surface area contributed by atoms with E-state index in [2.05, 4.69) is 24.5 Å². The summed E-state index contributed by atoms with van der Waals surface area (Å²) in [6.07, 6.45) is 1.07. The van der Waals surface area contributed by atoms with E-state index in [9.17, 15) is 9.59 Å². The molecule has 0 aliphatic rings. The van der Waals surface area contributed by atoms with Gasteiger partial charge in [-0.25, -0.2) is 0 Å². The van der Waals surface area contributed by atoms with Crippen molar-refractivity contribution in [2.45, 2.75) is 26.2 Å². The molecule has 0 heterocycles. The number of carbonyl (C=O) groups is 2. The topological polar surface area (TPSA) is 67.4 Å². The van der Waals surface area contributed by atoms with Crippen LogP contribution in [0.15, 0.2) is 72.8 Å². The number of hydrogen-bond acceptors (Lipinski definition) is 3. The van der Waals surface area contributed by atoms with Crippen LogP contribution < -0.4 is 15.4 Å². The first-order valence-corrected chi connectivity index (χ1v) is 10.5. The molecule has 0 aromatic heterocycles. The van der Waals surface area contributed by atoms with Crippen LogP contribution in [0.5, 0.6) is 5.75 Å². The number of ether oxygens (including phenoxy) is 1. The molecule has 6 heteroatoms. The van der Waals surface area contributed by atoms with Gasteiger partial charge in [0.25, 0.3) is 11.8 Å². The zero-order chi connectivity index (χ0) is 22.2. The molecule has 31 heavy (non-hydrogen) atoms. The van der Waals surface area contributed by atoms with E-state index in [-0.39, 0.29) is 18.4 Å². The van der Waals surface area contributed by atoms with Gasteiger partial charge >= 0.3 is 0 Å². The molecule has 0 aliphatic carbocycles. The van der Waals surface area contributed by atoms with Crippen molar-refractivity contribution in [1.82, 2.24) is 0 Å². The maximum atomic E-state index is 12.4. The molecule has 0 saturated heterocycles. The van der Waals surface area contributed by atoms with Crippen LogP contribution in [0.3, 0.4) is 0 Å². The number of halogens is 1. The van der Waals surface area contributed by atoms with E-state index in [4.69, 9.17) is 16.3 Å². The fourth-order valence-corrected chi connectivity index (χ4v) is 3.21. The van der Waals surface area contributed by atoms with Gasteiger partial charge in [0.15, 0.2) is 6.61 Å². The molecule has 1 atom stereocenters. The van der Waals surface area contributed by atoms with Crippen molar-refractivity contribution < 1.29 is 14.3 Å². The molecule has 3 rings (SSSR count). The third-order valence-electron chi connectivity index (χ3n) is 4.95. The second kappa shape index (κ2) is 10.6. The van der Waals surface area contributed by atoms with E-state index in [0.717, 1.165) is 6.42 Å². The number of anilines is 2. The average Bonchev–Trinajstić information content (AvgIpc) is 2.78. The van der Waals surface area contributed by atoms with Crippen LogP contribution in [-0.2, 0) is 4.79 Å². The molecule has 3 aromatic carbocycles. The van der Waals surface area contributed by atoms with E-state index in [1.165, 1.54) is 5.56 Å². The first-order chi connectivity index (χ1) is 15.0. The number of hydrogen-bond donors (Lipinski definition) is 2. The Morgan fingerprint density at radius 2 is 1.61 bits per heavy atom. The van der Waals surface area contributed by atoms with Crippen molar-refractivity contribution in [3.8, 4) is 5.75 Å². The Labute approximate surface area is 187 Å². The largest absolute Gasteiger partial charge is 0.484 e. The van der Waals surface area contributed by atoms with E-state index < -0.39 is 0 Å². The smallest absolute Gasteiger partial charge is 0.262 e. The molecule has 3 aromatic rings. The Hall–Kier alpha value is -3.31. The molecule has 0 bridgehead atoms. The highest BCUT2D eigenvalue weighted by atomic mass is 35.5. The zero-order valence-corrected chi connectivity index (χ0v) is 18.3. The Morgan fingerprint density at radius 1 is 0.935 bits per heavy atom. The molecule has 0 radical (unpaired) electrons. The van der Waals surface area contributed by atoms with Gasteiger partial charge in [0.2, 0.25) is 0 Å².